The Morgan fingerprint density at radius 2 is 1.64 bits per heavy atom. The van der Waals surface area contributed by atoms with Crippen LogP contribution in [0, 0.1) is 0 Å². The first-order chi connectivity index (χ1) is 18.5. The van der Waals surface area contributed by atoms with Crippen LogP contribution in [0.1, 0.15) is 33.3 Å². The maximum atomic E-state index is 14.1. The van der Waals surface area contributed by atoms with Crippen LogP contribution in [0.2, 0.25) is 0 Å². The van der Waals surface area contributed by atoms with Gasteiger partial charge in [0.15, 0.2) is 5.82 Å². The molecule has 0 bridgehead atoms. The molecule has 0 saturated carbocycles. The predicted octanol–water partition coefficient (Wildman–Crippen LogP) is 4.14. The zero-order chi connectivity index (χ0) is 28.6. The van der Waals surface area contributed by atoms with E-state index < -0.39 is 16.0 Å². The van der Waals surface area contributed by atoms with Crippen molar-refractivity contribution in [1.29, 1.82) is 0 Å². The van der Waals surface area contributed by atoms with Gasteiger partial charge in [-0.3, -0.25) is 4.79 Å². The average Bonchev–Trinajstić information content (AvgIpc) is 3.21. The summed E-state index contributed by atoms with van der Waals surface area (Å²) in [6, 6.07) is 16.1. The number of anilines is 1. The van der Waals surface area contributed by atoms with Crippen LogP contribution in [0.25, 0.3) is 11.1 Å². The maximum Gasteiger partial charge on any atom is 0.302 e. The lowest BCUT2D eigenvalue weighted by molar-refractivity contribution is -0.141. The molecular formula is C28H37N3O7S. The van der Waals surface area contributed by atoms with Crippen molar-refractivity contribution in [2.24, 2.45) is 7.05 Å². The second-order valence-corrected chi connectivity index (χ2v) is 11.7. The molecule has 0 fully saturated rings. The van der Waals surface area contributed by atoms with Gasteiger partial charge in [-0.2, -0.15) is 0 Å². The Bertz CT molecular complexity index is 1330. The van der Waals surface area contributed by atoms with Gasteiger partial charge in [-0.25, -0.2) is 17.4 Å². The van der Waals surface area contributed by atoms with Gasteiger partial charge < -0.3 is 18.9 Å². The molecule has 0 atom stereocenters. The number of sulfonamides is 1. The molecule has 10 nitrogen and oxygen atoms in total. The summed E-state index contributed by atoms with van der Waals surface area (Å²) in [6.07, 6.45) is 0. The summed E-state index contributed by atoms with van der Waals surface area (Å²) in [5, 5.41) is 4.49. The molecule has 1 heterocycles. The number of aromatic nitrogens is 2. The number of hydrogen-bond acceptors (Lipinski definition) is 8. The highest BCUT2D eigenvalue weighted by Crippen LogP contribution is 2.40. The smallest absolute Gasteiger partial charge is 0.302 e. The third-order valence-electron chi connectivity index (χ3n) is 5.86. The molecule has 0 aliphatic carbocycles. The first-order valence-corrected chi connectivity index (χ1v) is 14.0. The fourth-order valence-corrected chi connectivity index (χ4v) is 5.23. The van der Waals surface area contributed by atoms with Crippen LogP contribution in [0.4, 0.5) is 5.82 Å². The second-order valence-electron chi connectivity index (χ2n) is 9.84. The minimum Gasteiger partial charge on any atom is -0.472 e. The highest BCUT2D eigenvalue weighted by atomic mass is 32.2. The third-order valence-corrected chi connectivity index (χ3v) is 7.59. The van der Waals surface area contributed by atoms with E-state index in [4.69, 9.17) is 18.9 Å². The number of aryl methyl sites for hydroxylation is 1. The monoisotopic (exact) mass is 559 g/mol. The van der Waals surface area contributed by atoms with Gasteiger partial charge in [0.25, 0.3) is 10.0 Å². The molecule has 0 amide bonds. The van der Waals surface area contributed by atoms with Gasteiger partial charge in [0.05, 0.1) is 23.7 Å². The van der Waals surface area contributed by atoms with E-state index in [1.807, 2.05) is 42.5 Å². The van der Waals surface area contributed by atoms with Gasteiger partial charge in [-0.15, -0.1) is 5.10 Å². The van der Waals surface area contributed by atoms with Crippen molar-refractivity contribution in [3.8, 4) is 17.0 Å². The highest BCUT2D eigenvalue weighted by molar-refractivity contribution is 7.92. The number of esters is 1. The lowest BCUT2D eigenvalue weighted by atomic mass is 9.87. The van der Waals surface area contributed by atoms with E-state index in [2.05, 4.69) is 25.9 Å². The molecule has 39 heavy (non-hydrogen) atoms. The van der Waals surface area contributed by atoms with Crippen molar-refractivity contribution in [3.05, 3.63) is 60.2 Å². The Hall–Kier alpha value is -3.41. The topological polar surface area (TPSA) is 109 Å². The number of benzene rings is 2. The van der Waals surface area contributed by atoms with Crippen LogP contribution in [-0.2, 0) is 41.5 Å². The first kappa shape index (κ1) is 30.1. The van der Waals surface area contributed by atoms with Crippen LogP contribution < -0.4 is 9.04 Å². The van der Waals surface area contributed by atoms with E-state index in [1.54, 1.807) is 26.3 Å². The minimum absolute atomic E-state index is 0.0255. The predicted molar refractivity (Wildman–Crippen MR) is 148 cm³/mol. The van der Waals surface area contributed by atoms with Gasteiger partial charge in [0.1, 0.15) is 19.9 Å². The van der Waals surface area contributed by atoms with Crippen LogP contribution in [-0.4, -0.2) is 64.4 Å². The zero-order valence-corrected chi connectivity index (χ0v) is 24.2. The van der Waals surface area contributed by atoms with Crippen molar-refractivity contribution >= 4 is 21.8 Å². The minimum atomic E-state index is -4.10. The molecular weight excluding hydrogens is 522 g/mol. The number of hydrogen-bond donors (Lipinski definition) is 0. The SMILES string of the molecule is COCCOCN(c1c(-c2ccccc2)c(OCCOC(C)=O)nn1C)S(=O)(=O)c1ccc(C(C)(C)C)cc1. The standard InChI is InChI=1S/C28H37N3O7S/c1-21(32)37-18-19-38-26-25(22-10-8-7-9-11-22)27(30(5)29-26)31(20-36-17-16-35-6)39(33,34)24-14-12-23(13-15-24)28(2,3)4/h7-15H,16-20H2,1-6H3. The summed E-state index contributed by atoms with van der Waals surface area (Å²) in [5.41, 5.74) is 2.04. The first-order valence-electron chi connectivity index (χ1n) is 12.6. The molecule has 3 rings (SSSR count). The third kappa shape index (κ3) is 7.59. The summed E-state index contributed by atoms with van der Waals surface area (Å²) in [5.74, 6) is 0.0403. The van der Waals surface area contributed by atoms with Crippen LogP contribution in [0.15, 0.2) is 59.5 Å². The van der Waals surface area contributed by atoms with Gasteiger partial charge in [0, 0.05) is 21.1 Å². The molecule has 0 radical (unpaired) electrons. The molecule has 11 heteroatoms. The van der Waals surface area contributed by atoms with Crippen LogP contribution in [0.5, 0.6) is 5.88 Å². The second kappa shape index (κ2) is 13.1. The molecule has 0 unspecified atom stereocenters. The van der Waals surface area contributed by atoms with E-state index in [-0.39, 0.29) is 48.6 Å². The molecule has 0 spiro atoms. The Morgan fingerprint density at radius 1 is 0.974 bits per heavy atom. The van der Waals surface area contributed by atoms with Crippen LogP contribution in [0.3, 0.4) is 0 Å². The Morgan fingerprint density at radius 3 is 2.23 bits per heavy atom. The Kier molecular flexibility index (Phi) is 10.1. The van der Waals surface area contributed by atoms with E-state index >= 15 is 0 Å². The van der Waals surface area contributed by atoms with Gasteiger partial charge >= 0.3 is 5.97 Å². The maximum absolute atomic E-state index is 14.1. The summed E-state index contributed by atoms with van der Waals surface area (Å²) in [6.45, 7) is 7.80. The highest BCUT2D eigenvalue weighted by Gasteiger charge is 2.33. The largest absolute Gasteiger partial charge is 0.472 e. The molecule has 2 aromatic carbocycles. The van der Waals surface area contributed by atoms with E-state index in [9.17, 15) is 13.2 Å². The van der Waals surface area contributed by atoms with E-state index in [1.165, 1.54) is 15.9 Å². The summed E-state index contributed by atoms with van der Waals surface area (Å²) in [4.78, 5) is 11.3. The van der Waals surface area contributed by atoms with Crippen molar-refractivity contribution in [2.75, 3.05) is 44.6 Å². The van der Waals surface area contributed by atoms with Gasteiger partial charge in [0.2, 0.25) is 5.88 Å². The number of carbonyl (C=O) groups excluding carboxylic acids is 1. The lowest BCUT2D eigenvalue weighted by Crippen LogP contribution is -2.35. The molecule has 1 aromatic heterocycles. The number of carbonyl (C=O) groups is 1. The average molecular weight is 560 g/mol. The van der Waals surface area contributed by atoms with Crippen molar-refractivity contribution in [2.45, 2.75) is 38.0 Å². The molecule has 3 aromatic rings. The lowest BCUT2D eigenvalue weighted by Gasteiger charge is -2.26. The molecule has 0 aliphatic heterocycles. The van der Waals surface area contributed by atoms with Crippen molar-refractivity contribution < 1.29 is 32.2 Å². The zero-order valence-electron chi connectivity index (χ0n) is 23.3. The van der Waals surface area contributed by atoms with Crippen molar-refractivity contribution in [1.82, 2.24) is 9.78 Å². The van der Waals surface area contributed by atoms with E-state index in [0.717, 1.165) is 5.56 Å². The quantitative estimate of drug-likeness (QED) is 0.175. The fraction of sp³-hybridized carbons (Fsp3) is 0.429. The number of ether oxygens (including phenoxy) is 4. The fourth-order valence-electron chi connectivity index (χ4n) is 3.85. The summed E-state index contributed by atoms with van der Waals surface area (Å²) in [7, 11) is -0.914. The number of methoxy groups -OCH3 is 1. The summed E-state index contributed by atoms with van der Waals surface area (Å²) >= 11 is 0. The molecule has 0 saturated heterocycles. The Labute approximate surface area is 230 Å². The van der Waals surface area contributed by atoms with Crippen LogP contribution >= 0.6 is 0 Å². The van der Waals surface area contributed by atoms with Crippen molar-refractivity contribution in [3.63, 3.8) is 0 Å². The van der Waals surface area contributed by atoms with E-state index in [0.29, 0.717) is 17.7 Å². The molecule has 0 aliphatic rings. The summed E-state index contributed by atoms with van der Waals surface area (Å²) < 4.78 is 52.5. The molecule has 0 N–H and O–H groups in total. The number of rotatable bonds is 13. The van der Waals surface area contributed by atoms with Gasteiger partial charge in [-0.05, 0) is 28.7 Å². The molecule has 212 valence electrons. The van der Waals surface area contributed by atoms with Gasteiger partial charge in [-0.1, -0.05) is 63.2 Å². The normalized spacial score (nSPS) is 11.8. The number of nitrogens with zero attached hydrogens (tertiary/aromatic N) is 3. The Balaban J connectivity index is 2.11.